The molecule has 0 radical (unpaired) electrons. The van der Waals surface area contributed by atoms with Crippen LogP contribution < -0.4 is 15.1 Å². The van der Waals surface area contributed by atoms with Gasteiger partial charge in [-0.15, -0.1) is 0 Å². The third kappa shape index (κ3) is 4.48. The summed E-state index contributed by atoms with van der Waals surface area (Å²) in [5, 5.41) is 18.2. The Labute approximate surface area is 123 Å². The fourth-order valence-corrected chi connectivity index (χ4v) is 1.91. The summed E-state index contributed by atoms with van der Waals surface area (Å²) in [7, 11) is 0.343. The molecule has 0 aliphatic carbocycles. The Morgan fingerprint density at radius 1 is 1.14 bits per heavy atom. The lowest BCUT2D eigenvalue weighted by Gasteiger charge is -2.19. The largest absolute Gasteiger partial charge is 0.492 e. The summed E-state index contributed by atoms with van der Waals surface area (Å²) in [5.74, 6) is 0.290. The lowest BCUT2D eigenvalue weighted by atomic mass is 9.80. The van der Waals surface area contributed by atoms with E-state index in [2.05, 4.69) is 0 Å². The Morgan fingerprint density at radius 2 is 1.90 bits per heavy atom. The molecular weight excluding hydrogens is 272 g/mol. The van der Waals surface area contributed by atoms with E-state index in [4.69, 9.17) is 14.8 Å². The first kappa shape index (κ1) is 15.3. The molecule has 0 saturated heterocycles. The number of likely N-dealkylation sites (N-methyl/N-ethyl adjacent to an activating group) is 1. The van der Waals surface area contributed by atoms with Crippen molar-refractivity contribution in [2.24, 2.45) is 0 Å². The van der Waals surface area contributed by atoms with Gasteiger partial charge in [0.1, 0.15) is 18.2 Å². The lowest BCUT2D eigenvalue weighted by Crippen LogP contribution is -2.29. The number of ether oxygens (including phenoxy) is 1. The Kier molecular flexibility index (Phi) is 5.19. The third-order valence-corrected chi connectivity index (χ3v) is 3.10. The van der Waals surface area contributed by atoms with E-state index in [0.717, 1.165) is 5.69 Å². The molecular formula is C15H17BFNO3. The molecule has 4 nitrogen and oxygen atoms in total. The zero-order valence-electron chi connectivity index (χ0n) is 11.7. The van der Waals surface area contributed by atoms with Crippen molar-refractivity contribution in [1.82, 2.24) is 0 Å². The van der Waals surface area contributed by atoms with E-state index < -0.39 is 7.12 Å². The van der Waals surface area contributed by atoms with E-state index in [-0.39, 0.29) is 5.82 Å². The lowest BCUT2D eigenvalue weighted by molar-refractivity contribution is 0.326. The van der Waals surface area contributed by atoms with Crippen LogP contribution in [0, 0.1) is 5.82 Å². The van der Waals surface area contributed by atoms with Crippen LogP contribution in [0.1, 0.15) is 0 Å². The van der Waals surface area contributed by atoms with Gasteiger partial charge in [-0.2, -0.15) is 0 Å². The molecule has 0 spiro atoms. The van der Waals surface area contributed by atoms with Gasteiger partial charge in [0.05, 0.1) is 6.54 Å². The molecule has 0 bridgehead atoms. The second kappa shape index (κ2) is 7.10. The molecule has 0 heterocycles. The predicted octanol–water partition coefficient (Wildman–Crippen LogP) is 1.02. The minimum absolute atomic E-state index is 0.273. The Balaban J connectivity index is 1.88. The Bertz CT molecular complexity index is 595. The summed E-state index contributed by atoms with van der Waals surface area (Å²) in [6, 6.07) is 13.0. The normalized spacial score (nSPS) is 10.3. The highest BCUT2D eigenvalue weighted by molar-refractivity contribution is 6.58. The SMILES string of the molecule is CN(CCOc1cccc(B(O)O)c1)c1cccc(F)c1. The average Bonchev–Trinajstić information content (AvgIpc) is 2.47. The first-order valence-electron chi connectivity index (χ1n) is 6.62. The van der Waals surface area contributed by atoms with Gasteiger partial charge in [-0.05, 0) is 35.8 Å². The number of hydrogen-bond donors (Lipinski definition) is 2. The number of halogens is 1. The highest BCUT2D eigenvalue weighted by Gasteiger charge is 2.11. The van der Waals surface area contributed by atoms with Gasteiger partial charge in [0.25, 0.3) is 0 Å². The quantitative estimate of drug-likeness (QED) is 0.780. The monoisotopic (exact) mass is 289 g/mol. The van der Waals surface area contributed by atoms with Crippen LogP contribution in [0.5, 0.6) is 5.75 Å². The van der Waals surface area contributed by atoms with Crippen LogP contribution in [0.4, 0.5) is 10.1 Å². The minimum Gasteiger partial charge on any atom is -0.492 e. The number of benzene rings is 2. The second-order valence-electron chi connectivity index (χ2n) is 4.70. The summed E-state index contributed by atoms with van der Waals surface area (Å²) in [6.07, 6.45) is 0. The van der Waals surface area contributed by atoms with Crippen LogP contribution in [0.25, 0.3) is 0 Å². The molecule has 0 aromatic heterocycles. The molecule has 0 aliphatic heterocycles. The van der Waals surface area contributed by atoms with Crippen LogP contribution in [0.2, 0.25) is 0 Å². The van der Waals surface area contributed by atoms with Crippen molar-refractivity contribution in [1.29, 1.82) is 0 Å². The van der Waals surface area contributed by atoms with E-state index in [1.165, 1.54) is 12.1 Å². The topological polar surface area (TPSA) is 52.9 Å². The maximum Gasteiger partial charge on any atom is 0.488 e. The zero-order chi connectivity index (χ0) is 15.2. The summed E-state index contributed by atoms with van der Waals surface area (Å²) in [6.45, 7) is 0.980. The van der Waals surface area contributed by atoms with E-state index in [1.54, 1.807) is 30.3 Å². The molecule has 0 atom stereocenters. The molecule has 110 valence electrons. The number of rotatable bonds is 6. The Hall–Kier alpha value is -2.05. The highest BCUT2D eigenvalue weighted by atomic mass is 19.1. The molecule has 2 N–H and O–H groups in total. The summed E-state index contributed by atoms with van der Waals surface area (Å²) >= 11 is 0. The smallest absolute Gasteiger partial charge is 0.488 e. The van der Waals surface area contributed by atoms with Gasteiger partial charge < -0.3 is 19.7 Å². The van der Waals surface area contributed by atoms with Gasteiger partial charge in [-0.25, -0.2) is 4.39 Å². The van der Waals surface area contributed by atoms with Crippen LogP contribution in [-0.2, 0) is 0 Å². The highest BCUT2D eigenvalue weighted by Crippen LogP contribution is 2.14. The van der Waals surface area contributed by atoms with E-state index in [0.29, 0.717) is 24.4 Å². The molecule has 2 aromatic rings. The molecule has 0 unspecified atom stereocenters. The van der Waals surface area contributed by atoms with Crippen molar-refractivity contribution in [3.05, 3.63) is 54.3 Å². The minimum atomic E-state index is -1.51. The maximum atomic E-state index is 13.1. The first-order chi connectivity index (χ1) is 10.1. The fourth-order valence-electron chi connectivity index (χ4n) is 1.91. The van der Waals surface area contributed by atoms with Crippen LogP contribution >= 0.6 is 0 Å². The van der Waals surface area contributed by atoms with Crippen molar-refractivity contribution in [2.45, 2.75) is 0 Å². The molecule has 0 aliphatic rings. The molecule has 0 fully saturated rings. The van der Waals surface area contributed by atoms with Gasteiger partial charge in [-0.3, -0.25) is 0 Å². The molecule has 0 amide bonds. The average molecular weight is 289 g/mol. The first-order valence-corrected chi connectivity index (χ1v) is 6.62. The maximum absolute atomic E-state index is 13.1. The number of nitrogens with zero attached hydrogens (tertiary/aromatic N) is 1. The van der Waals surface area contributed by atoms with Crippen molar-refractivity contribution in [3.8, 4) is 5.75 Å². The molecule has 21 heavy (non-hydrogen) atoms. The molecule has 6 heteroatoms. The zero-order valence-corrected chi connectivity index (χ0v) is 11.7. The summed E-state index contributed by atoms with van der Waals surface area (Å²) in [4.78, 5) is 1.88. The van der Waals surface area contributed by atoms with E-state index >= 15 is 0 Å². The van der Waals surface area contributed by atoms with E-state index in [1.807, 2.05) is 18.0 Å². The van der Waals surface area contributed by atoms with Crippen molar-refractivity contribution < 1.29 is 19.2 Å². The third-order valence-electron chi connectivity index (χ3n) is 3.10. The molecule has 2 aromatic carbocycles. The molecule has 2 rings (SSSR count). The molecule has 0 saturated carbocycles. The summed E-state index contributed by atoms with van der Waals surface area (Å²) in [5.41, 5.74) is 1.16. The van der Waals surface area contributed by atoms with Gasteiger partial charge in [-0.1, -0.05) is 18.2 Å². The predicted molar refractivity (Wildman–Crippen MR) is 81.4 cm³/mol. The van der Waals surface area contributed by atoms with Gasteiger partial charge in [0.2, 0.25) is 0 Å². The van der Waals surface area contributed by atoms with Gasteiger partial charge in [0.15, 0.2) is 0 Å². The number of anilines is 1. The van der Waals surface area contributed by atoms with Crippen molar-refractivity contribution in [3.63, 3.8) is 0 Å². The second-order valence-corrected chi connectivity index (χ2v) is 4.70. The van der Waals surface area contributed by atoms with Gasteiger partial charge >= 0.3 is 7.12 Å². The van der Waals surface area contributed by atoms with Gasteiger partial charge in [0, 0.05) is 12.7 Å². The van der Waals surface area contributed by atoms with Crippen LogP contribution in [0.3, 0.4) is 0 Å². The summed E-state index contributed by atoms with van der Waals surface area (Å²) < 4.78 is 18.7. The number of hydrogen-bond acceptors (Lipinski definition) is 4. The van der Waals surface area contributed by atoms with E-state index in [9.17, 15) is 4.39 Å². The van der Waals surface area contributed by atoms with Crippen LogP contribution in [0.15, 0.2) is 48.5 Å². The van der Waals surface area contributed by atoms with Crippen LogP contribution in [-0.4, -0.2) is 37.4 Å². The van der Waals surface area contributed by atoms with Crippen molar-refractivity contribution in [2.75, 3.05) is 25.1 Å². The standard InChI is InChI=1S/C15H17BFNO3/c1-18(14-6-3-5-13(17)11-14)8-9-21-15-7-2-4-12(10-15)16(19)20/h2-7,10-11,19-20H,8-9H2,1H3. The Morgan fingerprint density at radius 3 is 2.62 bits per heavy atom. The fraction of sp³-hybridized carbons (Fsp3) is 0.200. The van der Waals surface area contributed by atoms with Crippen molar-refractivity contribution >= 4 is 18.3 Å².